The topological polar surface area (TPSA) is 120 Å². The Hall–Kier alpha value is -2.92. The molecule has 11 heteroatoms. The highest BCUT2D eigenvalue weighted by Crippen LogP contribution is 2.22. The van der Waals surface area contributed by atoms with Crippen molar-refractivity contribution in [3.8, 4) is 0 Å². The molecule has 0 atom stereocenters. The number of hydrogen-bond donors (Lipinski definition) is 2. The zero-order chi connectivity index (χ0) is 23.9. The summed E-state index contributed by atoms with van der Waals surface area (Å²) in [6.07, 6.45) is 5.70. The largest absolute Gasteiger partial charge is 0.383 e. The molecule has 0 unspecified atom stereocenters. The summed E-state index contributed by atoms with van der Waals surface area (Å²) in [5, 5.41) is 15.4. The molecule has 2 aromatic heterocycles. The third-order valence-electron chi connectivity index (χ3n) is 5.97. The maximum atomic E-state index is 13.2. The number of ether oxygens (including phenoxy) is 1. The van der Waals surface area contributed by atoms with Gasteiger partial charge in [0.2, 0.25) is 17.6 Å². The molecular weight excluding hydrogens is 456 g/mol. The lowest BCUT2D eigenvalue weighted by Crippen LogP contribution is -2.37. The predicted molar refractivity (Wildman–Crippen MR) is 130 cm³/mol. The second-order valence-electron chi connectivity index (χ2n) is 8.38. The van der Waals surface area contributed by atoms with Crippen LogP contribution in [0.15, 0.2) is 34.2 Å². The first-order valence-electron chi connectivity index (χ1n) is 11.6. The quantitative estimate of drug-likeness (QED) is 0.331. The first-order valence-corrected chi connectivity index (χ1v) is 12.6. The number of fused-ring (bicyclic) bond motifs is 3. The second kappa shape index (κ2) is 11.5. The van der Waals surface area contributed by atoms with Crippen molar-refractivity contribution in [1.29, 1.82) is 0 Å². The molecule has 2 heterocycles. The van der Waals surface area contributed by atoms with E-state index in [1.165, 1.54) is 22.7 Å². The van der Waals surface area contributed by atoms with Crippen LogP contribution in [-0.2, 0) is 20.9 Å². The van der Waals surface area contributed by atoms with Crippen LogP contribution < -0.4 is 16.2 Å². The van der Waals surface area contributed by atoms with Crippen molar-refractivity contribution in [1.82, 2.24) is 29.8 Å². The van der Waals surface area contributed by atoms with Crippen LogP contribution in [0, 0.1) is 0 Å². The Morgan fingerprint density at radius 3 is 2.74 bits per heavy atom. The Balaban J connectivity index is 1.55. The number of benzene rings is 1. The summed E-state index contributed by atoms with van der Waals surface area (Å²) in [6.45, 7) is 1.07. The van der Waals surface area contributed by atoms with E-state index < -0.39 is 0 Å². The molecule has 1 fully saturated rings. The van der Waals surface area contributed by atoms with Crippen molar-refractivity contribution < 1.29 is 14.3 Å². The minimum Gasteiger partial charge on any atom is -0.383 e. The highest BCUT2D eigenvalue weighted by molar-refractivity contribution is 7.99. The molecule has 1 saturated carbocycles. The molecule has 1 aliphatic rings. The van der Waals surface area contributed by atoms with Crippen molar-refractivity contribution in [2.75, 3.05) is 26.0 Å². The number of aryl methyl sites for hydroxylation is 1. The third kappa shape index (κ3) is 5.58. The molecule has 34 heavy (non-hydrogen) atoms. The van der Waals surface area contributed by atoms with Gasteiger partial charge in [0.25, 0.3) is 5.56 Å². The summed E-state index contributed by atoms with van der Waals surface area (Å²) in [4.78, 5) is 37.9. The molecular formula is C23H30N6O4S. The lowest BCUT2D eigenvalue weighted by atomic mass is 9.95. The smallest absolute Gasteiger partial charge is 0.262 e. The number of aromatic nitrogens is 4. The monoisotopic (exact) mass is 486 g/mol. The molecule has 1 aliphatic carbocycles. The number of carbonyl (C=O) groups is 2. The number of carbonyl (C=O) groups excluding carboxylic acids is 2. The zero-order valence-corrected chi connectivity index (χ0v) is 20.1. The molecule has 2 amide bonds. The van der Waals surface area contributed by atoms with Crippen molar-refractivity contribution in [2.45, 2.75) is 56.3 Å². The van der Waals surface area contributed by atoms with Gasteiger partial charge in [-0.3, -0.25) is 23.4 Å². The maximum Gasteiger partial charge on any atom is 0.262 e. The van der Waals surface area contributed by atoms with E-state index in [0.29, 0.717) is 35.0 Å². The van der Waals surface area contributed by atoms with E-state index in [2.05, 4.69) is 20.8 Å². The van der Waals surface area contributed by atoms with E-state index in [0.717, 1.165) is 25.7 Å². The fraction of sp³-hybridized carbons (Fsp3) is 0.522. The molecule has 0 spiro atoms. The van der Waals surface area contributed by atoms with Crippen LogP contribution >= 0.6 is 11.8 Å². The van der Waals surface area contributed by atoms with Crippen molar-refractivity contribution in [2.24, 2.45) is 0 Å². The summed E-state index contributed by atoms with van der Waals surface area (Å²) < 4.78 is 8.23. The van der Waals surface area contributed by atoms with Gasteiger partial charge in [-0.1, -0.05) is 43.2 Å². The van der Waals surface area contributed by atoms with Gasteiger partial charge in [-0.2, -0.15) is 0 Å². The van der Waals surface area contributed by atoms with Gasteiger partial charge in [-0.15, -0.1) is 10.2 Å². The van der Waals surface area contributed by atoms with Gasteiger partial charge in [0.05, 0.1) is 23.3 Å². The summed E-state index contributed by atoms with van der Waals surface area (Å²) >= 11 is 1.24. The normalized spacial score (nSPS) is 14.5. The summed E-state index contributed by atoms with van der Waals surface area (Å²) in [7, 11) is 1.58. The van der Waals surface area contributed by atoms with Crippen molar-refractivity contribution >= 4 is 40.3 Å². The SMILES string of the molecule is COCCNC(=O)CSc1nnc2n(CCC(=O)NC3CCCCC3)c(=O)c3ccccc3n12. The van der Waals surface area contributed by atoms with E-state index >= 15 is 0 Å². The van der Waals surface area contributed by atoms with Crippen LogP contribution in [0.1, 0.15) is 38.5 Å². The van der Waals surface area contributed by atoms with Crippen LogP contribution in [-0.4, -0.2) is 63.0 Å². The number of methoxy groups -OCH3 is 1. The summed E-state index contributed by atoms with van der Waals surface area (Å²) in [5.41, 5.74) is 0.451. The standard InChI is InChI=1S/C23H30N6O4S/c1-33-14-12-24-20(31)15-34-23-27-26-22-28(13-11-19(30)25-16-7-3-2-4-8-16)21(32)17-9-5-6-10-18(17)29(22)23/h5-6,9-10,16H,2-4,7-8,11-15H2,1H3,(H,24,31)(H,25,30). The number of nitrogens with one attached hydrogen (secondary N) is 2. The van der Waals surface area contributed by atoms with Gasteiger partial charge in [0.1, 0.15) is 0 Å². The molecule has 0 saturated heterocycles. The Kier molecular flexibility index (Phi) is 8.17. The van der Waals surface area contributed by atoms with E-state index in [-0.39, 0.29) is 42.1 Å². The predicted octanol–water partition coefficient (Wildman–Crippen LogP) is 1.74. The number of nitrogens with zero attached hydrogens (tertiary/aromatic N) is 4. The van der Waals surface area contributed by atoms with Gasteiger partial charge in [-0.25, -0.2) is 0 Å². The fourth-order valence-electron chi connectivity index (χ4n) is 4.26. The van der Waals surface area contributed by atoms with E-state index in [1.54, 1.807) is 23.6 Å². The maximum absolute atomic E-state index is 13.2. The summed E-state index contributed by atoms with van der Waals surface area (Å²) in [6, 6.07) is 7.45. The van der Waals surface area contributed by atoms with Gasteiger partial charge in [0.15, 0.2) is 5.16 Å². The lowest BCUT2D eigenvalue weighted by Gasteiger charge is -2.22. The fourth-order valence-corrected chi connectivity index (χ4v) is 5.03. The summed E-state index contributed by atoms with van der Waals surface area (Å²) in [5.74, 6) is 0.307. The Morgan fingerprint density at radius 2 is 1.94 bits per heavy atom. The molecule has 1 aromatic carbocycles. The number of para-hydroxylation sites is 1. The molecule has 2 N–H and O–H groups in total. The van der Waals surface area contributed by atoms with Crippen LogP contribution in [0.2, 0.25) is 0 Å². The van der Waals surface area contributed by atoms with Crippen LogP contribution in [0.5, 0.6) is 0 Å². The van der Waals surface area contributed by atoms with Crippen molar-refractivity contribution in [3.63, 3.8) is 0 Å². The number of hydrogen-bond acceptors (Lipinski definition) is 7. The molecule has 0 aliphatic heterocycles. The average molecular weight is 487 g/mol. The van der Waals surface area contributed by atoms with Gasteiger partial charge in [0, 0.05) is 32.7 Å². The minimum atomic E-state index is -0.213. The number of rotatable bonds is 10. The van der Waals surface area contributed by atoms with Crippen LogP contribution in [0.3, 0.4) is 0 Å². The third-order valence-corrected chi connectivity index (χ3v) is 6.90. The molecule has 0 radical (unpaired) electrons. The zero-order valence-electron chi connectivity index (χ0n) is 19.3. The molecule has 3 aromatic rings. The van der Waals surface area contributed by atoms with Crippen LogP contribution in [0.25, 0.3) is 16.7 Å². The lowest BCUT2D eigenvalue weighted by molar-refractivity contribution is -0.122. The van der Waals surface area contributed by atoms with E-state index in [1.807, 2.05) is 12.1 Å². The highest BCUT2D eigenvalue weighted by Gasteiger charge is 2.19. The molecule has 4 rings (SSSR count). The minimum absolute atomic E-state index is 0.0630. The average Bonchev–Trinajstić information content (AvgIpc) is 3.27. The number of amides is 2. The van der Waals surface area contributed by atoms with Gasteiger partial charge >= 0.3 is 0 Å². The van der Waals surface area contributed by atoms with Gasteiger partial charge < -0.3 is 15.4 Å². The molecule has 0 bridgehead atoms. The Morgan fingerprint density at radius 1 is 1.15 bits per heavy atom. The second-order valence-corrected chi connectivity index (χ2v) is 9.32. The molecule has 182 valence electrons. The number of thioether (sulfide) groups is 1. The first-order chi connectivity index (χ1) is 16.6. The first kappa shape index (κ1) is 24.2. The Bertz CT molecular complexity index is 1220. The van der Waals surface area contributed by atoms with E-state index in [4.69, 9.17) is 4.74 Å². The van der Waals surface area contributed by atoms with Crippen LogP contribution in [0.4, 0.5) is 0 Å². The Labute approximate surface area is 201 Å². The molecule has 10 nitrogen and oxygen atoms in total. The van der Waals surface area contributed by atoms with Gasteiger partial charge in [-0.05, 0) is 25.0 Å². The van der Waals surface area contributed by atoms with Crippen molar-refractivity contribution in [3.05, 3.63) is 34.6 Å². The van der Waals surface area contributed by atoms with E-state index in [9.17, 15) is 14.4 Å². The highest BCUT2D eigenvalue weighted by atomic mass is 32.2.